The number of aromatic nitrogens is 2. The lowest BCUT2D eigenvalue weighted by Crippen LogP contribution is -1.97. The van der Waals surface area contributed by atoms with Gasteiger partial charge in [-0.05, 0) is 39.6 Å². The number of hydrogen-bond donors (Lipinski definition) is 1. The molecule has 2 heterocycles. The maximum Gasteiger partial charge on any atom is 0.153 e. The van der Waals surface area contributed by atoms with E-state index in [0.29, 0.717) is 0 Å². The Balaban J connectivity index is 2.33. The number of pyridine rings is 1. The summed E-state index contributed by atoms with van der Waals surface area (Å²) in [4.78, 5) is 4.56. The number of nitrogens with zero attached hydrogens (tertiary/aromatic N) is 2. The molecule has 0 saturated carbocycles. The molecule has 0 radical (unpaired) electrons. The molecule has 0 bridgehead atoms. The van der Waals surface area contributed by atoms with Gasteiger partial charge in [0, 0.05) is 12.6 Å². The zero-order valence-corrected chi connectivity index (χ0v) is 11.5. The van der Waals surface area contributed by atoms with Crippen LogP contribution in [0.3, 0.4) is 0 Å². The van der Waals surface area contributed by atoms with Crippen molar-refractivity contribution in [2.24, 2.45) is 0 Å². The minimum Gasteiger partial charge on any atom is -0.383 e. The predicted octanol–water partition coefficient (Wildman–Crippen LogP) is 2.97. The van der Waals surface area contributed by atoms with E-state index in [9.17, 15) is 0 Å². The summed E-state index contributed by atoms with van der Waals surface area (Å²) < 4.78 is 2.91. The van der Waals surface area contributed by atoms with Crippen molar-refractivity contribution in [3.8, 4) is 0 Å². The van der Waals surface area contributed by atoms with Crippen molar-refractivity contribution >= 4 is 39.2 Å². The minimum absolute atomic E-state index is 0.757. The van der Waals surface area contributed by atoms with Crippen molar-refractivity contribution in [3.63, 3.8) is 0 Å². The Bertz CT molecular complexity index is 495. The molecule has 2 N–H and O–H groups in total. The van der Waals surface area contributed by atoms with Gasteiger partial charge in [0.1, 0.15) is 5.82 Å². The average molecular weight is 300 g/mol. The molecule has 16 heavy (non-hydrogen) atoms. The SMILES string of the molecule is CCSCCc1nc2c(Br)cccn2c1N. The van der Waals surface area contributed by atoms with E-state index in [1.807, 2.05) is 34.5 Å². The van der Waals surface area contributed by atoms with Crippen LogP contribution < -0.4 is 5.73 Å². The second-order valence-corrected chi connectivity index (χ2v) is 5.69. The summed E-state index contributed by atoms with van der Waals surface area (Å²) >= 11 is 5.39. The van der Waals surface area contributed by atoms with Gasteiger partial charge in [0.2, 0.25) is 0 Å². The highest BCUT2D eigenvalue weighted by atomic mass is 79.9. The van der Waals surface area contributed by atoms with Crippen LogP contribution in [0.4, 0.5) is 5.82 Å². The fourth-order valence-corrected chi connectivity index (χ4v) is 2.66. The molecule has 0 saturated heterocycles. The van der Waals surface area contributed by atoms with Gasteiger partial charge in [-0.1, -0.05) is 6.92 Å². The van der Waals surface area contributed by atoms with Gasteiger partial charge in [-0.15, -0.1) is 0 Å². The van der Waals surface area contributed by atoms with Crippen LogP contribution in [-0.4, -0.2) is 20.9 Å². The van der Waals surface area contributed by atoms with Gasteiger partial charge in [-0.2, -0.15) is 11.8 Å². The number of rotatable bonds is 4. The van der Waals surface area contributed by atoms with E-state index in [2.05, 4.69) is 27.8 Å². The maximum absolute atomic E-state index is 6.06. The first-order chi connectivity index (χ1) is 7.74. The molecule has 3 nitrogen and oxygen atoms in total. The van der Waals surface area contributed by atoms with E-state index in [1.54, 1.807) is 0 Å². The van der Waals surface area contributed by atoms with Gasteiger partial charge < -0.3 is 5.73 Å². The van der Waals surface area contributed by atoms with E-state index in [1.165, 1.54) is 0 Å². The molecule has 0 aliphatic rings. The Kier molecular flexibility index (Phi) is 3.76. The number of nitrogen functional groups attached to an aromatic ring is 1. The third-order valence-corrected chi connectivity index (χ3v) is 3.92. The van der Waals surface area contributed by atoms with Crippen LogP contribution in [0.25, 0.3) is 5.65 Å². The van der Waals surface area contributed by atoms with Crippen LogP contribution >= 0.6 is 27.7 Å². The van der Waals surface area contributed by atoms with E-state index >= 15 is 0 Å². The molecule has 5 heteroatoms. The highest BCUT2D eigenvalue weighted by molar-refractivity contribution is 9.10. The predicted molar refractivity (Wildman–Crippen MR) is 74.0 cm³/mol. The number of thioether (sulfide) groups is 1. The van der Waals surface area contributed by atoms with Gasteiger partial charge in [-0.3, -0.25) is 4.40 Å². The van der Waals surface area contributed by atoms with Gasteiger partial charge in [0.15, 0.2) is 5.65 Å². The Morgan fingerprint density at radius 3 is 3.06 bits per heavy atom. The molecule has 2 aromatic heterocycles. The largest absolute Gasteiger partial charge is 0.383 e. The zero-order valence-electron chi connectivity index (χ0n) is 9.11. The molecule has 0 atom stereocenters. The summed E-state index contributed by atoms with van der Waals surface area (Å²) in [6, 6.07) is 3.94. The molecule has 2 rings (SSSR count). The number of nitrogens with two attached hydrogens (primary N) is 1. The van der Waals surface area contributed by atoms with Crippen molar-refractivity contribution < 1.29 is 0 Å². The monoisotopic (exact) mass is 299 g/mol. The van der Waals surface area contributed by atoms with Crippen molar-refractivity contribution in [1.29, 1.82) is 0 Å². The fraction of sp³-hybridized carbons (Fsp3) is 0.364. The van der Waals surface area contributed by atoms with Crippen LogP contribution in [0, 0.1) is 0 Å². The molecule has 0 amide bonds. The van der Waals surface area contributed by atoms with Gasteiger partial charge in [0.25, 0.3) is 0 Å². The lowest BCUT2D eigenvalue weighted by Gasteiger charge is -1.98. The fourth-order valence-electron chi connectivity index (χ4n) is 1.60. The number of hydrogen-bond acceptors (Lipinski definition) is 3. The van der Waals surface area contributed by atoms with E-state index in [-0.39, 0.29) is 0 Å². The van der Waals surface area contributed by atoms with Crippen LogP contribution in [0.1, 0.15) is 12.6 Å². The minimum atomic E-state index is 0.757. The number of anilines is 1. The molecule has 0 unspecified atom stereocenters. The molecule has 86 valence electrons. The summed E-state index contributed by atoms with van der Waals surface area (Å²) in [5.74, 6) is 2.96. The van der Waals surface area contributed by atoms with Gasteiger partial charge in [-0.25, -0.2) is 4.98 Å². The smallest absolute Gasteiger partial charge is 0.153 e. The van der Waals surface area contributed by atoms with E-state index < -0.39 is 0 Å². The normalized spacial score (nSPS) is 11.1. The second-order valence-electron chi connectivity index (χ2n) is 3.44. The molecule has 0 spiro atoms. The van der Waals surface area contributed by atoms with Crippen LogP contribution in [0.2, 0.25) is 0 Å². The van der Waals surface area contributed by atoms with Crippen LogP contribution in [-0.2, 0) is 6.42 Å². The molecule has 0 aromatic carbocycles. The van der Waals surface area contributed by atoms with Crippen molar-refractivity contribution in [2.75, 3.05) is 17.2 Å². The first kappa shape index (κ1) is 11.8. The van der Waals surface area contributed by atoms with Crippen molar-refractivity contribution in [3.05, 3.63) is 28.5 Å². The second kappa shape index (κ2) is 5.10. The molecule has 0 aliphatic heterocycles. The Labute approximate surface area is 108 Å². The highest BCUT2D eigenvalue weighted by Crippen LogP contribution is 2.22. The van der Waals surface area contributed by atoms with E-state index in [0.717, 1.165) is 39.6 Å². The third-order valence-electron chi connectivity index (χ3n) is 2.40. The number of imidazole rings is 1. The first-order valence-corrected chi connectivity index (χ1v) is 7.17. The zero-order chi connectivity index (χ0) is 11.5. The maximum atomic E-state index is 6.06. The van der Waals surface area contributed by atoms with Crippen LogP contribution in [0.15, 0.2) is 22.8 Å². The molecular formula is C11H14BrN3S. The van der Waals surface area contributed by atoms with E-state index in [4.69, 9.17) is 5.73 Å². The molecule has 0 fully saturated rings. The third kappa shape index (κ3) is 2.20. The summed E-state index contributed by atoms with van der Waals surface area (Å²) in [7, 11) is 0. The van der Waals surface area contributed by atoms with Gasteiger partial charge in [0.05, 0.1) is 10.2 Å². The first-order valence-electron chi connectivity index (χ1n) is 5.22. The summed E-state index contributed by atoms with van der Waals surface area (Å²) in [6.07, 6.45) is 2.87. The Hall–Kier alpha value is -0.680. The summed E-state index contributed by atoms with van der Waals surface area (Å²) in [6.45, 7) is 2.16. The average Bonchev–Trinajstić information content (AvgIpc) is 2.59. The molecular weight excluding hydrogens is 286 g/mol. The Morgan fingerprint density at radius 2 is 2.38 bits per heavy atom. The number of aryl methyl sites for hydroxylation is 1. The summed E-state index contributed by atoms with van der Waals surface area (Å²) in [5, 5.41) is 0. The lowest BCUT2D eigenvalue weighted by atomic mass is 10.3. The van der Waals surface area contributed by atoms with Crippen LogP contribution in [0.5, 0.6) is 0 Å². The van der Waals surface area contributed by atoms with Gasteiger partial charge >= 0.3 is 0 Å². The topological polar surface area (TPSA) is 43.3 Å². The number of fused-ring (bicyclic) bond motifs is 1. The molecule has 0 aliphatic carbocycles. The quantitative estimate of drug-likeness (QED) is 0.883. The van der Waals surface area contributed by atoms with Crippen molar-refractivity contribution in [2.45, 2.75) is 13.3 Å². The highest BCUT2D eigenvalue weighted by Gasteiger charge is 2.10. The molecule has 2 aromatic rings. The Morgan fingerprint density at radius 1 is 1.56 bits per heavy atom. The number of halogens is 1. The lowest BCUT2D eigenvalue weighted by molar-refractivity contribution is 1.09. The van der Waals surface area contributed by atoms with Crippen molar-refractivity contribution in [1.82, 2.24) is 9.38 Å². The standard InChI is InChI=1S/C11H14BrN3S/c1-2-16-7-5-9-10(13)15-6-3-4-8(12)11(15)14-9/h3-4,6H,2,5,7,13H2,1H3. The summed E-state index contributed by atoms with van der Waals surface area (Å²) in [5.41, 5.74) is 7.95.